The summed E-state index contributed by atoms with van der Waals surface area (Å²) in [6.07, 6.45) is 0.482. The molecule has 80 valence electrons. The van der Waals surface area contributed by atoms with Gasteiger partial charge in [0, 0.05) is 6.42 Å². The molecule has 0 atom stereocenters. The van der Waals surface area contributed by atoms with Crippen LogP contribution < -0.4 is 9.47 Å². The first-order chi connectivity index (χ1) is 7.18. The van der Waals surface area contributed by atoms with Crippen LogP contribution in [0.2, 0.25) is 5.02 Å². The lowest BCUT2D eigenvalue weighted by molar-refractivity contribution is -0.136. The van der Waals surface area contributed by atoms with E-state index < -0.39 is 5.97 Å². The first-order valence-electron chi connectivity index (χ1n) is 4.47. The number of halogens is 1. The predicted octanol–water partition coefficient (Wildman–Crippen LogP) is 2.09. The number of fused-ring (bicyclic) bond motifs is 1. The summed E-state index contributed by atoms with van der Waals surface area (Å²) >= 11 is 5.88. The second-order valence-corrected chi connectivity index (χ2v) is 3.57. The van der Waals surface area contributed by atoms with Crippen molar-refractivity contribution in [3.05, 3.63) is 22.7 Å². The van der Waals surface area contributed by atoms with Gasteiger partial charge in [-0.2, -0.15) is 0 Å². The molecule has 0 amide bonds. The smallest absolute Gasteiger partial charge is 0.303 e. The molecule has 0 bridgehead atoms. The van der Waals surface area contributed by atoms with Gasteiger partial charge in [0.25, 0.3) is 0 Å². The zero-order chi connectivity index (χ0) is 10.8. The second-order valence-electron chi connectivity index (χ2n) is 3.17. The molecule has 0 unspecified atom stereocenters. The van der Waals surface area contributed by atoms with Gasteiger partial charge in [-0.25, -0.2) is 0 Å². The van der Waals surface area contributed by atoms with E-state index in [1.165, 1.54) is 0 Å². The molecule has 0 saturated carbocycles. The fraction of sp³-hybridized carbons (Fsp3) is 0.300. The zero-order valence-electron chi connectivity index (χ0n) is 7.83. The van der Waals surface area contributed by atoms with Crippen LogP contribution in [-0.2, 0) is 11.2 Å². The highest BCUT2D eigenvalue weighted by Gasteiger charge is 2.21. The van der Waals surface area contributed by atoms with Crippen molar-refractivity contribution in [2.45, 2.75) is 12.8 Å². The van der Waals surface area contributed by atoms with Gasteiger partial charge < -0.3 is 14.6 Å². The summed E-state index contributed by atoms with van der Waals surface area (Å²) in [5, 5.41) is 9.07. The summed E-state index contributed by atoms with van der Waals surface area (Å²) < 4.78 is 10.4. The largest absolute Gasteiger partial charge is 0.481 e. The molecular formula is C10H9ClO4. The SMILES string of the molecule is O=C(O)CCc1ccc(Cl)c2c1OCO2. The average Bonchev–Trinajstić information content (AvgIpc) is 2.66. The molecule has 0 saturated heterocycles. The molecule has 1 aliphatic heterocycles. The maximum Gasteiger partial charge on any atom is 0.303 e. The van der Waals surface area contributed by atoms with Crippen molar-refractivity contribution in [2.75, 3.05) is 6.79 Å². The number of hydrogen-bond acceptors (Lipinski definition) is 3. The van der Waals surface area contributed by atoms with Crippen molar-refractivity contribution in [3.63, 3.8) is 0 Å². The quantitative estimate of drug-likeness (QED) is 0.861. The number of carboxylic acids is 1. The molecule has 0 radical (unpaired) electrons. The fourth-order valence-electron chi connectivity index (χ4n) is 1.46. The van der Waals surface area contributed by atoms with Crippen LogP contribution in [0.15, 0.2) is 12.1 Å². The summed E-state index contributed by atoms with van der Waals surface area (Å²) in [4.78, 5) is 10.4. The summed E-state index contributed by atoms with van der Waals surface area (Å²) in [6, 6.07) is 3.45. The molecule has 0 fully saturated rings. The Hall–Kier alpha value is -1.42. The minimum absolute atomic E-state index is 0.0669. The van der Waals surface area contributed by atoms with Gasteiger partial charge in [0.2, 0.25) is 6.79 Å². The molecule has 2 rings (SSSR count). The topological polar surface area (TPSA) is 55.8 Å². The molecular weight excluding hydrogens is 220 g/mol. The van der Waals surface area contributed by atoms with E-state index in [0.29, 0.717) is 22.9 Å². The fourth-order valence-corrected chi connectivity index (χ4v) is 1.66. The van der Waals surface area contributed by atoms with Crippen molar-refractivity contribution in [1.29, 1.82) is 0 Å². The van der Waals surface area contributed by atoms with Gasteiger partial charge in [-0.1, -0.05) is 17.7 Å². The molecule has 0 aliphatic carbocycles. The van der Waals surface area contributed by atoms with E-state index in [2.05, 4.69) is 0 Å². The highest BCUT2D eigenvalue weighted by molar-refractivity contribution is 6.32. The zero-order valence-corrected chi connectivity index (χ0v) is 8.58. The number of carbonyl (C=O) groups is 1. The Labute approximate surface area is 91.4 Å². The molecule has 0 aromatic heterocycles. The molecule has 1 N–H and O–H groups in total. The summed E-state index contributed by atoms with van der Waals surface area (Å²) in [5.74, 6) is 0.251. The van der Waals surface area contributed by atoms with Crippen LogP contribution >= 0.6 is 11.6 Å². The number of aryl methyl sites for hydroxylation is 1. The minimum atomic E-state index is -0.836. The summed E-state index contributed by atoms with van der Waals surface area (Å²) in [5.41, 5.74) is 0.814. The lowest BCUT2D eigenvalue weighted by Gasteiger charge is -2.05. The van der Waals surface area contributed by atoms with Gasteiger partial charge in [0.1, 0.15) is 0 Å². The van der Waals surface area contributed by atoms with Gasteiger partial charge >= 0.3 is 5.97 Å². The molecule has 1 heterocycles. The Morgan fingerprint density at radius 3 is 2.87 bits per heavy atom. The molecule has 1 aromatic carbocycles. The maximum atomic E-state index is 10.4. The molecule has 0 spiro atoms. The van der Waals surface area contributed by atoms with Crippen molar-refractivity contribution < 1.29 is 19.4 Å². The lowest BCUT2D eigenvalue weighted by atomic mass is 10.1. The Morgan fingerprint density at radius 2 is 2.13 bits per heavy atom. The van der Waals surface area contributed by atoms with E-state index in [0.717, 1.165) is 5.56 Å². The van der Waals surface area contributed by atoms with Gasteiger partial charge in [0.05, 0.1) is 5.02 Å². The monoisotopic (exact) mass is 228 g/mol. The van der Waals surface area contributed by atoms with Crippen LogP contribution in [-0.4, -0.2) is 17.9 Å². The molecule has 15 heavy (non-hydrogen) atoms. The highest BCUT2D eigenvalue weighted by Crippen LogP contribution is 2.41. The second kappa shape index (κ2) is 3.98. The van der Waals surface area contributed by atoms with Crippen molar-refractivity contribution in [1.82, 2.24) is 0 Å². The van der Waals surface area contributed by atoms with Gasteiger partial charge in [-0.3, -0.25) is 4.79 Å². The van der Waals surface area contributed by atoms with Gasteiger partial charge in [-0.15, -0.1) is 0 Å². The first-order valence-corrected chi connectivity index (χ1v) is 4.85. The van der Waals surface area contributed by atoms with E-state index in [1.54, 1.807) is 12.1 Å². The Morgan fingerprint density at radius 1 is 1.40 bits per heavy atom. The van der Waals surface area contributed by atoms with E-state index >= 15 is 0 Å². The van der Waals surface area contributed by atoms with E-state index in [-0.39, 0.29) is 13.2 Å². The van der Waals surface area contributed by atoms with Gasteiger partial charge in [-0.05, 0) is 18.1 Å². The molecule has 5 heteroatoms. The highest BCUT2D eigenvalue weighted by atomic mass is 35.5. The van der Waals surface area contributed by atoms with Crippen LogP contribution in [0.4, 0.5) is 0 Å². The first kappa shape index (κ1) is 10.1. The van der Waals surface area contributed by atoms with E-state index in [4.69, 9.17) is 26.2 Å². The maximum absolute atomic E-state index is 10.4. The molecule has 4 nitrogen and oxygen atoms in total. The number of benzene rings is 1. The van der Waals surface area contributed by atoms with Crippen LogP contribution in [0.25, 0.3) is 0 Å². The lowest BCUT2D eigenvalue weighted by Crippen LogP contribution is -1.99. The average molecular weight is 229 g/mol. The predicted molar refractivity (Wildman–Crippen MR) is 53.5 cm³/mol. The third-order valence-corrected chi connectivity index (χ3v) is 2.46. The van der Waals surface area contributed by atoms with Crippen molar-refractivity contribution in [2.24, 2.45) is 0 Å². The number of carboxylic acid groups (broad SMARTS) is 1. The Bertz CT molecular complexity index is 403. The van der Waals surface area contributed by atoms with Crippen LogP contribution in [0.5, 0.6) is 11.5 Å². The van der Waals surface area contributed by atoms with Crippen molar-refractivity contribution in [3.8, 4) is 11.5 Å². The van der Waals surface area contributed by atoms with E-state index in [1.807, 2.05) is 0 Å². The minimum Gasteiger partial charge on any atom is -0.481 e. The standard InChI is InChI=1S/C10H9ClO4/c11-7-3-1-6(2-4-8(12)13)9-10(7)15-5-14-9/h1,3H,2,4-5H2,(H,12,13). The normalized spacial score (nSPS) is 12.9. The number of ether oxygens (including phenoxy) is 2. The molecule has 1 aliphatic rings. The number of rotatable bonds is 3. The number of aliphatic carboxylic acids is 1. The van der Waals surface area contributed by atoms with Crippen LogP contribution in [0, 0.1) is 0 Å². The van der Waals surface area contributed by atoms with Crippen molar-refractivity contribution >= 4 is 17.6 Å². The van der Waals surface area contributed by atoms with Gasteiger partial charge in [0.15, 0.2) is 11.5 Å². The summed E-state index contributed by atoms with van der Waals surface area (Å²) in [6.45, 7) is 0.138. The van der Waals surface area contributed by atoms with Crippen LogP contribution in [0.3, 0.4) is 0 Å². The Kier molecular flexibility index (Phi) is 2.68. The summed E-state index contributed by atoms with van der Waals surface area (Å²) in [7, 11) is 0. The third kappa shape index (κ3) is 1.99. The Balaban J connectivity index is 2.25. The van der Waals surface area contributed by atoms with E-state index in [9.17, 15) is 4.79 Å². The third-order valence-electron chi connectivity index (χ3n) is 2.16. The molecule has 1 aromatic rings. The van der Waals surface area contributed by atoms with Crippen LogP contribution in [0.1, 0.15) is 12.0 Å². The number of hydrogen-bond donors (Lipinski definition) is 1.